The summed E-state index contributed by atoms with van der Waals surface area (Å²) in [5.74, 6) is -0.486. The molecule has 0 saturated heterocycles. The lowest BCUT2D eigenvalue weighted by atomic mass is 10.1. The molecule has 0 spiro atoms. The van der Waals surface area contributed by atoms with E-state index in [1.165, 1.54) is 44.6 Å². The normalized spacial score (nSPS) is 10.4. The second kappa shape index (κ2) is 7.20. The third-order valence-electron chi connectivity index (χ3n) is 3.80. The quantitative estimate of drug-likeness (QED) is 0.416. The number of benzene rings is 2. The van der Waals surface area contributed by atoms with Gasteiger partial charge in [0.05, 0.1) is 19.8 Å². The molecule has 0 fully saturated rings. The van der Waals surface area contributed by atoms with Crippen LogP contribution in [-0.4, -0.2) is 26.1 Å². The second-order valence-corrected chi connectivity index (χ2v) is 5.47. The minimum Gasteiger partial charge on any atom is -0.493 e. The molecule has 0 aliphatic rings. The molecule has 8 nitrogen and oxygen atoms in total. The van der Waals surface area contributed by atoms with Gasteiger partial charge in [0.2, 0.25) is 0 Å². The lowest BCUT2D eigenvalue weighted by molar-refractivity contribution is 0.0734. The van der Waals surface area contributed by atoms with Crippen LogP contribution < -0.4 is 25.6 Å². The number of fused-ring (bicyclic) bond motifs is 1. The molecule has 0 atom stereocenters. The standard InChI is InChI=1S/C19H15NO7/c1-24-14-6-4-11(8-16(14)25-2)18(22)26-12-5-3-10-7-13(17(20)21)19(23)27-15(10)9-12/h3-9H,1-2H3,(H2,20,21). The van der Waals surface area contributed by atoms with Crippen LogP contribution in [0.2, 0.25) is 0 Å². The summed E-state index contributed by atoms with van der Waals surface area (Å²) >= 11 is 0. The maximum absolute atomic E-state index is 12.4. The molecule has 3 aromatic rings. The molecule has 0 saturated carbocycles. The van der Waals surface area contributed by atoms with Crippen LogP contribution >= 0.6 is 0 Å². The summed E-state index contributed by atoms with van der Waals surface area (Å²) in [6.07, 6.45) is 0. The zero-order chi connectivity index (χ0) is 19.6. The Labute approximate surface area is 153 Å². The molecular formula is C19H15NO7. The summed E-state index contributed by atoms with van der Waals surface area (Å²) in [5.41, 5.74) is 4.41. The first-order chi connectivity index (χ1) is 12.9. The van der Waals surface area contributed by atoms with Crippen LogP contribution in [0.15, 0.2) is 51.7 Å². The van der Waals surface area contributed by atoms with Crippen molar-refractivity contribution in [2.75, 3.05) is 14.2 Å². The van der Waals surface area contributed by atoms with Gasteiger partial charge in [-0.25, -0.2) is 9.59 Å². The van der Waals surface area contributed by atoms with Gasteiger partial charge in [0.15, 0.2) is 11.5 Å². The van der Waals surface area contributed by atoms with E-state index in [1.54, 1.807) is 12.1 Å². The van der Waals surface area contributed by atoms with Gasteiger partial charge in [0.1, 0.15) is 16.9 Å². The first-order valence-electron chi connectivity index (χ1n) is 7.75. The van der Waals surface area contributed by atoms with Crippen LogP contribution in [0.25, 0.3) is 11.0 Å². The molecule has 2 aromatic carbocycles. The van der Waals surface area contributed by atoms with Gasteiger partial charge < -0.3 is 24.4 Å². The Hall–Kier alpha value is -3.81. The molecule has 0 unspecified atom stereocenters. The number of carbonyl (C=O) groups is 2. The average molecular weight is 369 g/mol. The molecule has 1 amide bonds. The number of methoxy groups -OCH3 is 2. The number of hydrogen-bond donors (Lipinski definition) is 1. The van der Waals surface area contributed by atoms with E-state index in [0.29, 0.717) is 16.9 Å². The number of nitrogens with two attached hydrogens (primary N) is 1. The highest BCUT2D eigenvalue weighted by Gasteiger charge is 2.15. The minimum atomic E-state index is -0.880. The van der Waals surface area contributed by atoms with Crippen LogP contribution in [0.1, 0.15) is 20.7 Å². The Bertz CT molecular complexity index is 1100. The van der Waals surface area contributed by atoms with E-state index in [2.05, 4.69) is 0 Å². The average Bonchev–Trinajstić information content (AvgIpc) is 2.66. The highest BCUT2D eigenvalue weighted by atomic mass is 16.5. The van der Waals surface area contributed by atoms with Gasteiger partial charge in [0, 0.05) is 11.5 Å². The van der Waals surface area contributed by atoms with Gasteiger partial charge in [-0.3, -0.25) is 4.79 Å². The van der Waals surface area contributed by atoms with Crippen molar-refractivity contribution in [3.8, 4) is 17.2 Å². The minimum absolute atomic E-state index is 0.155. The Morgan fingerprint density at radius 2 is 1.70 bits per heavy atom. The number of ether oxygens (including phenoxy) is 3. The maximum atomic E-state index is 12.4. The number of hydrogen-bond acceptors (Lipinski definition) is 7. The second-order valence-electron chi connectivity index (χ2n) is 5.47. The highest BCUT2D eigenvalue weighted by Crippen LogP contribution is 2.28. The number of esters is 1. The summed E-state index contributed by atoms with van der Waals surface area (Å²) in [7, 11) is 2.95. The van der Waals surface area contributed by atoms with Crippen molar-refractivity contribution >= 4 is 22.8 Å². The van der Waals surface area contributed by atoms with Crippen LogP contribution in [0.3, 0.4) is 0 Å². The topological polar surface area (TPSA) is 118 Å². The number of amides is 1. The largest absolute Gasteiger partial charge is 0.493 e. The number of carbonyl (C=O) groups excluding carboxylic acids is 2. The third kappa shape index (κ3) is 3.59. The Kier molecular flexibility index (Phi) is 4.80. The first kappa shape index (κ1) is 18.0. The third-order valence-corrected chi connectivity index (χ3v) is 3.80. The van der Waals surface area contributed by atoms with Crippen LogP contribution in [0.4, 0.5) is 0 Å². The molecular weight excluding hydrogens is 354 g/mol. The molecule has 0 aliphatic carbocycles. The summed E-state index contributed by atoms with van der Waals surface area (Å²) < 4.78 is 20.7. The molecule has 27 heavy (non-hydrogen) atoms. The van der Waals surface area contributed by atoms with E-state index < -0.39 is 17.5 Å². The van der Waals surface area contributed by atoms with Crippen molar-refractivity contribution in [2.24, 2.45) is 5.73 Å². The van der Waals surface area contributed by atoms with Crippen molar-refractivity contribution in [2.45, 2.75) is 0 Å². The van der Waals surface area contributed by atoms with E-state index in [4.69, 9.17) is 24.4 Å². The van der Waals surface area contributed by atoms with Gasteiger partial charge in [-0.05, 0) is 36.4 Å². The monoisotopic (exact) mass is 369 g/mol. The first-order valence-corrected chi connectivity index (χ1v) is 7.75. The van der Waals surface area contributed by atoms with Crippen LogP contribution in [0.5, 0.6) is 17.2 Å². The molecule has 2 N–H and O–H groups in total. The summed E-state index contributed by atoms with van der Waals surface area (Å²) in [6, 6.07) is 10.4. The molecule has 0 bridgehead atoms. The Morgan fingerprint density at radius 1 is 0.963 bits per heavy atom. The zero-order valence-electron chi connectivity index (χ0n) is 14.5. The van der Waals surface area contributed by atoms with E-state index >= 15 is 0 Å². The molecule has 8 heteroatoms. The van der Waals surface area contributed by atoms with Gasteiger partial charge in [-0.15, -0.1) is 0 Å². The van der Waals surface area contributed by atoms with Crippen LogP contribution in [0, 0.1) is 0 Å². The molecule has 138 valence electrons. The summed E-state index contributed by atoms with van der Waals surface area (Å²) in [6.45, 7) is 0. The van der Waals surface area contributed by atoms with E-state index in [1.807, 2.05) is 0 Å². The number of primary amides is 1. The molecule has 1 heterocycles. The van der Waals surface area contributed by atoms with Crippen molar-refractivity contribution in [1.29, 1.82) is 0 Å². The zero-order valence-corrected chi connectivity index (χ0v) is 14.5. The molecule has 1 aromatic heterocycles. The van der Waals surface area contributed by atoms with Gasteiger partial charge in [-0.1, -0.05) is 0 Å². The van der Waals surface area contributed by atoms with Crippen molar-refractivity contribution in [3.63, 3.8) is 0 Å². The van der Waals surface area contributed by atoms with Crippen molar-refractivity contribution in [3.05, 3.63) is 64.0 Å². The molecule has 3 rings (SSSR count). The Balaban J connectivity index is 1.90. The molecule has 0 aliphatic heterocycles. The fraction of sp³-hybridized carbons (Fsp3) is 0.105. The fourth-order valence-electron chi connectivity index (χ4n) is 2.46. The Morgan fingerprint density at radius 3 is 2.37 bits per heavy atom. The fourth-order valence-corrected chi connectivity index (χ4v) is 2.46. The lowest BCUT2D eigenvalue weighted by Gasteiger charge is -2.09. The van der Waals surface area contributed by atoms with Crippen molar-refractivity contribution in [1.82, 2.24) is 0 Å². The number of rotatable bonds is 5. The summed E-state index contributed by atoms with van der Waals surface area (Å²) in [4.78, 5) is 35.3. The summed E-state index contributed by atoms with van der Waals surface area (Å²) in [5, 5.41) is 0.467. The van der Waals surface area contributed by atoms with Gasteiger partial charge >= 0.3 is 11.6 Å². The van der Waals surface area contributed by atoms with E-state index in [-0.39, 0.29) is 22.5 Å². The highest BCUT2D eigenvalue weighted by molar-refractivity contribution is 5.96. The van der Waals surface area contributed by atoms with Gasteiger partial charge in [0.25, 0.3) is 5.91 Å². The lowest BCUT2D eigenvalue weighted by Crippen LogP contribution is -2.20. The SMILES string of the molecule is COc1ccc(C(=O)Oc2ccc3cc(C(N)=O)c(=O)oc3c2)cc1OC. The van der Waals surface area contributed by atoms with Crippen LogP contribution in [-0.2, 0) is 0 Å². The smallest absolute Gasteiger partial charge is 0.349 e. The van der Waals surface area contributed by atoms with Crippen molar-refractivity contribution < 1.29 is 28.2 Å². The predicted molar refractivity (Wildman–Crippen MR) is 95.5 cm³/mol. The molecule has 0 radical (unpaired) electrons. The van der Waals surface area contributed by atoms with E-state index in [9.17, 15) is 14.4 Å². The predicted octanol–water partition coefficient (Wildman–Crippen LogP) is 2.13. The van der Waals surface area contributed by atoms with E-state index in [0.717, 1.165) is 0 Å². The van der Waals surface area contributed by atoms with Gasteiger partial charge in [-0.2, -0.15) is 0 Å². The maximum Gasteiger partial charge on any atom is 0.349 e.